The molecule has 1 atom stereocenters. The maximum atomic E-state index is 11.8. The van der Waals surface area contributed by atoms with Gasteiger partial charge in [0.2, 0.25) is 0 Å². The van der Waals surface area contributed by atoms with Gasteiger partial charge in [-0.25, -0.2) is 14.6 Å². The lowest BCUT2D eigenvalue weighted by molar-refractivity contribution is -0.139. The van der Waals surface area contributed by atoms with Gasteiger partial charge >= 0.3 is 12.0 Å². The molecular weight excluding hydrogens is 300 g/mol. The summed E-state index contributed by atoms with van der Waals surface area (Å²) in [6.45, 7) is 0.237. The predicted molar refractivity (Wildman–Crippen MR) is 82.1 cm³/mol. The van der Waals surface area contributed by atoms with Gasteiger partial charge in [-0.15, -0.1) is 0 Å². The summed E-state index contributed by atoms with van der Waals surface area (Å²) in [5.74, 6) is -0.414. The molecular formula is C15H18N4O4. The van der Waals surface area contributed by atoms with E-state index in [-0.39, 0.29) is 13.0 Å². The van der Waals surface area contributed by atoms with Crippen molar-refractivity contribution in [1.82, 2.24) is 20.6 Å². The highest BCUT2D eigenvalue weighted by molar-refractivity contribution is 5.82. The van der Waals surface area contributed by atoms with Crippen LogP contribution in [0.3, 0.4) is 0 Å². The van der Waals surface area contributed by atoms with Crippen LogP contribution in [0, 0.1) is 0 Å². The van der Waals surface area contributed by atoms with E-state index in [0.29, 0.717) is 5.75 Å². The number of amides is 2. The van der Waals surface area contributed by atoms with Gasteiger partial charge in [0, 0.05) is 12.6 Å². The predicted octanol–water partition coefficient (Wildman–Crippen LogP) is 0.913. The molecule has 2 amide bonds. The third-order valence-electron chi connectivity index (χ3n) is 3.20. The molecule has 0 saturated carbocycles. The zero-order chi connectivity index (χ0) is 16.7. The molecule has 2 rings (SSSR count). The summed E-state index contributed by atoms with van der Waals surface area (Å²) in [7, 11) is 1.56. The number of carboxylic acid groups (broad SMARTS) is 1. The van der Waals surface area contributed by atoms with E-state index < -0.39 is 18.0 Å². The second-order valence-electron chi connectivity index (χ2n) is 4.85. The Labute approximate surface area is 132 Å². The van der Waals surface area contributed by atoms with Crippen molar-refractivity contribution in [1.29, 1.82) is 0 Å². The van der Waals surface area contributed by atoms with Crippen molar-refractivity contribution in [3.05, 3.63) is 48.0 Å². The molecule has 0 saturated heterocycles. The van der Waals surface area contributed by atoms with Crippen molar-refractivity contribution < 1.29 is 19.4 Å². The molecule has 1 unspecified atom stereocenters. The van der Waals surface area contributed by atoms with E-state index in [1.807, 2.05) is 0 Å². The summed E-state index contributed by atoms with van der Waals surface area (Å²) in [5, 5.41) is 14.3. The van der Waals surface area contributed by atoms with Crippen LogP contribution in [-0.4, -0.2) is 40.2 Å². The van der Waals surface area contributed by atoms with Gasteiger partial charge in [-0.2, -0.15) is 0 Å². The number of nitrogens with zero attached hydrogens (tertiary/aromatic N) is 1. The highest BCUT2D eigenvalue weighted by atomic mass is 16.5. The van der Waals surface area contributed by atoms with Gasteiger partial charge < -0.3 is 25.5 Å². The van der Waals surface area contributed by atoms with Gasteiger partial charge in [0.1, 0.15) is 11.8 Å². The number of H-pyrrole nitrogens is 1. The Kier molecular flexibility index (Phi) is 5.56. The van der Waals surface area contributed by atoms with E-state index in [0.717, 1.165) is 11.3 Å². The Bertz CT molecular complexity index is 640. The Balaban J connectivity index is 1.89. The SMILES string of the molecule is COc1ccc(CC(NC(=O)NCc2cnc[nH]2)C(=O)O)cc1. The molecule has 8 nitrogen and oxygen atoms in total. The first kappa shape index (κ1) is 16.3. The minimum absolute atomic E-state index is 0.177. The summed E-state index contributed by atoms with van der Waals surface area (Å²) < 4.78 is 5.05. The van der Waals surface area contributed by atoms with Crippen LogP contribution in [0.15, 0.2) is 36.8 Å². The molecule has 1 heterocycles. The number of imidazole rings is 1. The molecule has 8 heteroatoms. The van der Waals surface area contributed by atoms with Crippen LogP contribution >= 0.6 is 0 Å². The van der Waals surface area contributed by atoms with Crippen molar-refractivity contribution in [2.45, 2.75) is 19.0 Å². The minimum Gasteiger partial charge on any atom is -0.497 e. The van der Waals surface area contributed by atoms with Crippen LogP contribution in [0.1, 0.15) is 11.3 Å². The first-order chi connectivity index (χ1) is 11.1. The van der Waals surface area contributed by atoms with Crippen LogP contribution in [0.25, 0.3) is 0 Å². The lowest BCUT2D eigenvalue weighted by Gasteiger charge is -2.15. The lowest BCUT2D eigenvalue weighted by Crippen LogP contribution is -2.46. The molecule has 1 aromatic carbocycles. The standard InChI is InChI=1S/C15H18N4O4/c1-23-12-4-2-10(3-5-12)6-13(14(20)21)19-15(22)17-8-11-7-16-9-18-11/h2-5,7,9,13H,6,8H2,1H3,(H,16,18)(H,20,21)(H2,17,19,22). The van der Waals surface area contributed by atoms with E-state index in [4.69, 9.17) is 4.74 Å². The normalized spacial score (nSPS) is 11.5. The number of ether oxygens (including phenoxy) is 1. The molecule has 0 fully saturated rings. The summed E-state index contributed by atoms with van der Waals surface area (Å²) in [6.07, 6.45) is 3.25. The molecule has 1 aromatic heterocycles. The number of rotatable bonds is 7. The second kappa shape index (κ2) is 7.83. The summed E-state index contributed by atoms with van der Waals surface area (Å²) in [6, 6.07) is 5.43. The second-order valence-corrected chi connectivity index (χ2v) is 4.85. The zero-order valence-corrected chi connectivity index (χ0v) is 12.6. The van der Waals surface area contributed by atoms with Gasteiger partial charge in [0.25, 0.3) is 0 Å². The number of hydrogen-bond acceptors (Lipinski definition) is 4. The van der Waals surface area contributed by atoms with Gasteiger partial charge in [0.05, 0.1) is 25.7 Å². The van der Waals surface area contributed by atoms with E-state index >= 15 is 0 Å². The number of carbonyl (C=O) groups is 2. The number of aromatic nitrogens is 2. The van der Waals surface area contributed by atoms with Crippen LogP contribution in [0.2, 0.25) is 0 Å². The van der Waals surface area contributed by atoms with Crippen molar-refractivity contribution in [2.24, 2.45) is 0 Å². The van der Waals surface area contributed by atoms with Crippen molar-refractivity contribution in [3.63, 3.8) is 0 Å². The smallest absolute Gasteiger partial charge is 0.326 e. The number of hydrogen-bond donors (Lipinski definition) is 4. The molecule has 4 N–H and O–H groups in total. The number of carboxylic acids is 1. The molecule has 2 aromatic rings. The fourth-order valence-electron chi connectivity index (χ4n) is 1.96. The number of aromatic amines is 1. The first-order valence-corrected chi connectivity index (χ1v) is 6.96. The fraction of sp³-hybridized carbons (Fsp3) is 0.267. The van der Waals surface area contributed by atoms with Gasteiger partial charge in [-0.05, 0) is 17.7 Å². The Hall–Kier alpha value is -3.03. The molecule has 23 heavy (non-hydrogen) atoms. The number of aliphatic carboxylic acids is 1. The van der Waals surface area contributed by atoms with Crippen molar-refractivity contribution in [2.75, 3.05) is 7.11 Å². The first-order valence-electron chi connectivity index (χ1n) is 6.96. The van der Waals surface area contributed by atoms with Gasteiger partial charge in [-0.3, -0.25) is 0 Å². The lowest BCUT2D eigenvalue weighted by atomic mass is 10.1. The Morgan fingerprint density at radius 1 is 1.35 bits per heavy atom. The zero-order valence-electron chi connectivity index (χ0n) is 12.6. The maximum absolute atomic E-state index is 11.8. The van der Waals surface area contributed by atoms with E-state index in [1.165, 1.54) is 6.33 Å². The number of carbonyl (C=O) groups excluding carboxylic acids is 1. The van der Waals surface area contributed by atoms with Crippen LogP contribution in [0.4, 0.5) is 4.79 Å². The largest absolute Gasteiger partial charge is 0.497 e. The third kappa shape index (κ3) is 5.03. The molecule has 0 aliphatic carbocycles. The molecule has 0 bridgehead atoms. The minimum atomic E-state index is -1.10. The number of methoxy groups -OCH3 is 1. The average molecular weight is 318 g/mol. The third-order valence-corrected chi connectivity index (χ3v) is 3.20. The number of urea groups is 1. The Morgan fingerprint density at radius 3 is 2.65 bits per heavy atom. The van der Waals surface area contributed by atoms with Crippen LogP contribution in [-0.2, 0) is 17.8 Å². The molecule has 122 valence electrons. The summed E-state index contributed by atoms with van der Waals surface area (Å²) in [4.78, 5) is 29.8. The molecule has 0 aliphatic rings. The van der Waals surface area contributed by atoms with Crippen molar-refractivity contribution >= 4 is 12.0 Å². The fourth-order valence-corrected chi connectivity index (χ4v) is 1.96. The molecule has 0 aliphatic heterocycles. The highest BCUT2D eigenvalue weighted by Gasteiger charge is 2.20. The van der Waals surface area contributed by atoms with E-state index in [9.17, 15) is 14.7 Å². The summed E-state index contributed by atoms with van der Waals surface area (Å²) in [5.41, 5.74) is 1.51. The topological polar surface area (TPSA) is 116 Å². The highest BCUT2D eigenvalue weighted by Crippen LogP contribution is 2.12. The van der Waals surface area contributed by atoms with Gasteiger partial charge in [-0.1, -0.05) is 12.1 Å². The van der Waals surface area contributed by atoms with E-state index in [1.54, 1.807) is 37.6 Å². The van der Waals surface area contributed by atoms with Gasteiger partial charge in [0.15, 0.2) is 0 Å². The van der Waals surface area contributed by atoms with Crippen LogP contribution in [0.5, 0.6) is 5.75 Å². The van der Waals surface area contributed by atoms with Crippen molar-refractivity contribution in [3.8, 4) is 5.75 Å². The number of benzene rings is 1. The van der Waals surface area contributed by atoms with Crippen LogP contribution < -0.4 is 15.4 Å². The molecule has 0 spiro atoms. The Morgan fingerprint density at radius 2 is 2.09 bits per heavy atom. The summed E-state index contributed by atoms with van der Waals surface area (Å²) >= 11 is 0. The van der Waals surface area contributed by atoms with E-state index in [2.05, 4.69) is 20.6 Å². The monoisotopic (exact) mass is 318 g/mol. The quantitative estimate of drug-likeness (QED) is 0.605. The maximum Gasteiger partial charge on any atom is 0.326 e. The number of nitrogens with one attached hydrogen (secondary N) is 3. The average Bonchev–Trinajstić information content (AvgIpc) is 3.06. The molecule has 0 radical (unpaired) electrons.